The molecule has 33 heavy (non-hydrogen) atoms. The fourth-order valence-corrected chi connectivity index (χ4v) is 4.92. The van der Waals surface area contributed by atoms with E-state index in [0.29, 0.717) is 32.7 Å². The summed E-state index contributed by atoms with van der Waals surface area (Å²) in [7, 11) is 1.68. The van der Waals surface area contributed by atoms with Gasteiger partial charge in [-0.3, -0.25) is 9.69 Å². The fraction of sp³-hybridized carbons (Fsp3) is 0.667. The number of hydrogen-bond donors (Lipinski definition) is 0. The van der Waals surface area contributed by atoms with E-state index in [1.807, 2.05) is 11.8 Å². The first-order chi connectivity index (χ1) is 15.4. The predicted octanol–water partition coefficient (Wildman–Crippen LogP) is 5.46. The number of fused-ring (bicyclic) bond motifs is 1. The molecule has 0 aliphatic carbocycles. The molecule has 0 saturated heterocycles. The van der Waals surface area contributed by atoms with Crippen LogP contribution in [0.3, 0.4) is 0 Å². The number of carbonyl (C=O) groups excluding carboxylic acids is 1. The smallest absolute Gasteiger partial charge is 0.237 e. The van der Waals surface area contributed by atoms with Crippen molar-refractivity contribution >= 4 is 21.8 Å². The maximum Gasteiger partial charge on any atom is 0.237 e. The third kappa shape index (κ3) is 7.47. The van der Waals surface area contributed by atoms with Crippen molar-refractivity contribution in [2.75, 3.05) is 40.0 Å². The standard InChI is InChI=1S/C27H41BrN2O3/c1-9-12-27(6,7)13-15-30(26(3,4)5)25(31)18-29-14-11-20-16-24(32-8)22(28)17-21(20)23(29)19-33-10-2/h1,16-17,23H,10-15,18-19H2,2-8H3. The molecule has 0 aromatic heterocycles. The molecule has 0 fully saturated rings. The number of amides is 1. The van der Waals surface area contributed by atoms with Gasteiger partial charge in [0.05, 0.1) is 30.8 Å². The van der Waals surface area contributed by atoms with Gasteiger partial charge in [0.1, 0.15) is 5.75 Å². The summed E-state index contributed by atoms with van der Waals surface area (Å²) in [5.41, 5.74) is 2.20. The number of nitrogens with zero attached hydrogens (tertiary/aromatic N) is 2. The van der Waals surface area contributed by atoms with Crippen LogP contribution in [0.4, 0.5) is 0 Å². The van der Waals surface area contributed by atoms with E-state index < -0.39 is 0 Å². The van der Waals surface area contributed by atoms with E-state index in [-0.39, 0.29) is 22.9 Å². The number of benzene rings is 1. The summed E-state index contributed by atoms with van der Waals surface area (Å²) in [5.74, 6) is 3.76. The Morgan fingerprint density at radius 2 is 2.00 bits per heavy atom. The highest BCUT2D eigenvalue weighted by atomic mass is 79.9. The van der Waals surface area contributed by atoms with E-state index in [2.05, 4.69) is 73.5 Å². The average molecular weight is 522 g/mol. The number of rotatable bonds is 10. The number of ether oxygens (including phenoxy) is 2. The van der Waals surface area contributed by atoms with Crippen LogP contribution in [0.5, 0.6) is 5.75 Å². The summed E-state index contributed by atoms with van der Waals surface area (Å²) < 4.78 is 12.3. The average Bonchev–Trinajstić information content (AvgIpc) is 2.71. The van der Waals surface area contributed by atoms with E-state index in [9.17, 15) is 4.79 Å². The van der Waals surface area contributed by atoms with E-state index in [0.717, 1.165) is 29.6 Å². The zero-order chi connectivity index (χ0) is 24.8. The van der Waals surface area contributed by atoms with Crippen molar-refractivity contribution in [3.05, 3.63) is 27.7 Å². The third-order valence-electron chi connectivity index (χ3n) is 6.40. The van der Waals surface area contributed by atoms with Gasteiger partial charge in [0, 0.05) is 31.7 Å². The molecule has 0 saturated carbocycles. The Kier molecular flexibility index (Phi) is 9.84. The fourth-order valence-electron chi connectivity index (χ4n) is 4.40. The van der Waals surface area contributed by atoms with Crippen LogP contribution in [0.15, 0.2) is 16.6 Å². The van der Waals surface area contributed by atoms with Crippen LogP contribution in [-0.2, 0) is 16.0 Å². The van der Waals surface area contributed by atoms with Crippen LogP contribution in [0.1, 0.15) is 71.6 Å². The van der Waals surface area contributed by atoms with Crippen LogP contribution in [0.25, 0.3) is 0 Å². The van der Waals surface area contributed by atoms with Crippen molar-refractivity contribution in [3.63, 3.8) is 0 Å². The molecule has 1 aliphatic rings. The summed E-state index contributed by atoms with van der Waals surface area (Å²) in [4.78, 5) is 17.9. The van der Waals surface area contributed by atoms with Crippen molar-refractivity contribution < 1.29 is 14.3 Å². The monoisotopic (exact) mass is 520 g/mol. The number of carbonyl (C=O) groups is 1. The van der Waals surface area contributed by atoms with Gasteiger partial charge in [0.15, 0.2) is 0 Å². The van der Waals surface area contributed by atoms with Gasteiger partial charge in [-0.15, -0.1) is 12.3 Å². The van der Waals surface area contributed by atoms with Gasteiger partial charge in [0.2, 0.25) is 5.91 Å². The lowest BCUT2D eigenvalue weighted by Gasteiger charge is -2.42. The second-order valence-electron chi connectivity index (χ2n) is 10.6. The quantitative estimate of drug-likeness (QED) is 0.384. The Labute approximate surface area is 209 Å². The third-order valence-corrected chi connectivity index (χ3v) is 7.02. The van der Waals surface area contributed by atoms with Crippen molar-refractivity contribution in [1.29, 1.82) is 0 Å². The maximum absolute atomic E-state index is 13.6. The summed E-state index contributed by atoms with van der Waals surface area (Å²) in [5, 5.41) is 0. The first-order valence-electron chi connectivity index (χ1n) is 11.9. The lowest BCUT2D eigenvalue weighted by atomic mass is 9.85. The lowest BCUT2D eigenvalue weighted by molar-refractivity contribution is -0.138. The molecular weight excluding hydrogens is 480 g/mol. The largest absolute Gasteiger partial charge is 0.496 e. The summed E-state index contributed by atoms with van der Waals surface area (Å²) in [6.45, 7) is 15.7. The second-order valence-corrected chi connectivity index (χ2v) is 11.4. The van der Waals surface area contributed by atoms with Crippen molar-refractivity contribution in [2.45, 2.75) is 72.4 Å². The molecule has 184 valence electrons. The second kappa shape index (κ2) is 11.7. The molecule has 1 heterocycles. The SMILES string of the molecule is C#CCC(C)(C)CCN(C(=O)CN1CCc2cc(OC)c(Br)cc2C1COCC)C(C)(C)C. The van der Waals surface area contributed by atoms with Crippen LogP contribution in [-0.4, -0.2) is 61.2 Å². The van der Waals surface area contributed by atoms with E-state index >= 15 is 0 Å². The predicted molar refractivity (Wildman–Crippen MR) is 139 cm³/mol. The van der Waals surface area contributed by atoms with Gasteiger partial charge >= 0.3 is 0 Å². The normalized spacial score (nSPS) is 16.8. The minimum Gasteiger partial charge on any atom is -0.496 e. The van der Waals surface area contributed by atoms with Gasteiger partial charge in [-0.2, -0.15) is 0 Å². The maximum atomic E-state index is 13.6. The molecule has 0 N–H and O–H groups in total. The van der Waals surface area contributed by atoms with Gasteiger partial charge in [-0.1, -0.05) is 13.8 Å². The molecule has 0 spiro atoms. The molecule has 5 nitrogen and oxygen atoms in total. The van der Waals surface area contributed by atoms with Crippen LogP contribution >= 0.6 is 15.9 Å². The highest BCUT2D eigenvalue weighted by Crippen LogP contribution is 2.37. The topological polar surface area (TPSA) is 42.0 Å². The molecule has 6 heteroatoms. The van der Waals surface area contributed by atoms with Gasteiger partial charge < -0.3 is 14.4 Å². The van der Waals surface area contributed by atoms with Crippen LogP contribution < -0.4 is 4.74 Å². The van der Waals surface area contributed by atoms with E-state index in [1.165, 1.54) is 11.1 Å². The Morgan fingerprint density at radius 3 is 2.58 bits per heavy atom. The van der Waals surface area contributed by atoms with Crippen molar-refractivity contribution in [2.24, 2.45) is 5.41 Å². The minimum atomic E-state index is -0.261. The molecule has 0 bridgehead atoms. The molecule has 1 aromatic rings. The summed E-state index contributed by atoms with van der Waals surface area (Å²) >= 11 is 3.63. The van der Waals surface area contributed by atoms with E-state index in [1.54, 1.807) is 7.11 Å². The van der Waals surface area contributed by atoms with Crippen LogP contribution in [0.2, 0.25) is 0 Å². The van der Waals surface area contributed by atoms with Crippen LogP contribution in [0, 0.1) is 17.8 Å². The number of terminal acetylenes is 1. The number of halogens is 1. The Morgan fingerprint density at radius 1 is 1.30 bits per heavy atom. The zero-order valence-electron chi connectivity index (χ0n) is 21.5. The highest BCUT2D eigenvalue weighted by Gasteiger charge is 2.34. The Hall–Kier alpha value is -1.55. The number of methoxy groups -OCH3 is 1. The molecule has 0 radical (unpaired) electrons. The first-order valence-corrected chi connectivity index (χ1v) is 12.6. The molecular formula is C27H41BrN2O3. The molecule has 2 rings (SSSR count). The van der Waals surface area contributed by atoms with E-state index in [4.69, 9.17) is 15.9 Å². The molecule has 1 amide bonds. The molecule has 1 unspecified atom stereocenters. The zero-order valence-corrected chi connectivity index (χ0v) is 23.0. The molecule has 1 aromatic carbocycles. The first kappa shape index (κ1) is 27.7. The van der Waals surface area contributed by atoms with Crippen molar-refractivity contribution in [1.82, 2.24) is 9.80 Å². The van der Waals surface area contributed by atoms with Crippen molar-refractivity contribution in [3.8, 4) is 18.1 Å². The number of hydrogen-bond acceptors (Lipinski definition) is 4. The lowest BCUT2D eigenvalue weighted by Crippen LogP contribution is -2.52. The van der Waals surface area contributed by atoms with Gasteiger partial charge in [0.25, 0.3) is 0 Å². The molecule has 1 atom stereocenters. The molecule has 1 aliphatic heterocycles. The minimum absolute atomic E-state index is 0.00539. The van der Waals surface area contributed by atoms with Gasteiger partial charge in [-0.25, -0.2) is 0 Å². The summed E-state index contributed by atoms with van der Waals surface area (Å²) in [6, 6.07) is 4.25. The van der Waals surface area contributed by atoms with Gasteiger partial charge in [-0.05, 0) is 85.1 Å². The summed E-state index contributed by atoms with van der Waals surface area (Å²) in [6.07, 6.45) is 8.01. The highest BCUT2D eigenvalue weighted by molar-refractivity contribution is 9.10. The Bertz CT molecular complexity index is 854. The Balaban J connectivity index is 2.25.